The number of hydrogen-bond donors (Lipinski definition) is 0. The third-order valence-corrected chi connectivity index (χ3v) is 8.17. The SMILES string of the molecule is COc1ccc2c(c1)N(C)/C(=C1\SC(=Nc3ccc4c(c3)OCCO4)N(c3ccccc3)C1=O)S2. The van der Waals surface area contributed by atoms with Crippen molar-refractivity contribution >= 4 is 51.7 Å². The molecule has 3 aliphatic rings. The lowest BCUT2D eigenvalue weighted by Gasteiger charge is -2.19. The molecule has 1 saturated heterocycles. The Morgan fingerprint density at radius 3 is 2.54 bits per heavy atom. The minimum absolute atomic E-state index is 0.105. The van der Waals surface area contributed by atoms with E-state index in [0.29, 0.717) is 40.5 Å². The summed E-state index contributed by atoms with van der Waals surface area (Å²) < 4.78 is 16.7. The van der Waals surface area contributed by atoms with Crippen LogP contribution in [0.2, 0.25) is 0 Å². The molecule has 0 aromatic heterocycles. The van der Waals surface area contributed by atoms with Crippen LogP contribution in [0, 0.1) is 0 Å². The third kappa shape index (κ3) is 3.90. The van der Waals surface area contributed by atoms with Gasteiger partial charge in [0.05, 0.1) is 29.2 Å². The van der Waals surface area contributed by atoms with E-state index in [2.05, 4.69) is 0 Å². The van der Waals surface area contributed by atoms with Crippen molar-refractivity contribution in [3.63, 3.8) is 0 Å². The maximum Gasteiger partial charge on any atom is 0.274 e. The molecule has 0 atom stereocenters. The smallest absolute Gasteiger partial charge is 0.274 e. The van der Waals surface area contributed by atoms with Gasteiger partial charge in [0, 0.05) is 24.1 Å². The molecule has 0 bridgehead atoms. The van der Waals surface area contributed by atoms with Crippen molar-refractivity contribution in [2.24, 2.45) is 4.99 Å². The number of para-hydroxylation sites is 1. The van der Waals surface area contributed by atoms with Crippen molar-refractivity contribution in [3.05, 3.63) is 76.7 Å². The Morgan fingerprint density at radius 1 is 0.943 bits per heavy atom. The molecule has 1 fully saturated rings. The molecule has 0 aliphatic carbocycles. The molecule has 0 unspecified atom stereocenters. The predicted octanol–water partition coefficient (Wildman–Crippen LogP) is 5.65. The Hall–Kier alpha value is -3.56. The Labute approximate surface area is 211 Å². The second-order valence-corrected chi connectivity index (χ2v) is 9.94. The van der Waals surface area contributed by atoms with Crippen molar-refractivity contribution in [1.29, 1.82) is 0 Å². The number of amidine groups is 1. The van der Waals surface area contributed by atoms with Crippen LogP contribution in [-0.2, 0) is 4.79 Å². The fraction of sp³-hybridized carbons (Fsp3) is 0.154. The lowest BCUT2D eigenvalue weighted by atomic mass is 10.2. The summed E-state index contributed by atoms with van der Waals surface area (Å²) in [7, 11) is 3.62. The lowest BCUT2D eigenvalue weighted by Crippen LogP contribution is -2.29. The van der Waals surface area contributed by atoms with E-state index < -0.39 is 0 Å². The molecule has 0 spiro atoms. The number of ether oxygens (including phenoxy) is 3. The molecule has 6 rings (SSSR count). The van der Waals surface area contributed by atoms with E-state index in [4.69, 9.17) is 19.2 Å². The van der Waals surface area contributed by atoms with Crippen molar-refractivity contribution < 1.29 is 19.0 Å². The number of hydrogen-bond acceptors (Lipinski definition) is 8. The highest BCUT2D eigenvalue weighted by Gasteiger charge is 2.40. The van der Waals surface area contributed by atoms with Crippen LogP contribution in [0.4, 0.5) is 17.1 Å². The summed E-state index contributed by atoms with van der Waals surface area (Å²) in [5, 5.41) is 1.46. The first-order valence-electron chi connectivity index (χ1n) is 11.0. The van der Waals surface area contributed by atoms with Crippen LogP contribution in [0.15, 0.2) is 86.6 Å². The fourth-order valence-corrected chi connectivity index (χ4v) is 6.37. The summed E-state index contributed by atoms with van der Waals surface area (Å²) in [4.78, 5) is 24.1. The summed E-state index contributed by atoms with van der Waals surface area (Å²) in [5.41, 5.74) is 2.47. The Bertz CT molecular complexity index is 1390. The number of aliphatic imine (C=N–C) groups is 1. The molecule has 35 heavy (non-hydrogen) atoms. The van der Waals surface area contributed by atoms with Gasteiger partial charge < -0.3 is 19.1 Å². The Balaban J connectivity index is 1.42. The first-order chi connectivity index (χ1) is 17.1. The number of anilines is 2. The van der Waals surface area contributed by atoms with E-state index >= 15 is 0 Å². The number of rotatable bonds is 3. The van der Waals surface area contributed by atoms with Gasteiger partial charge in [-0.1, -0.05) is 30.0 Å². The van der Waals surface area contributed by atoms with Crippen LogP contribution in [0.1, 0.15) is 0 Å². The monoisotopic (exact) mass is 503 g/mol. The molecule has 3 heterocycles. The van der Waals surface area contributed by atoms with Crippen molar-refractivity contribution in [3.8, 4) is 17.2 Å². The summed E-state index contributed by atoms with van der Waals surface area (Å²) >= 11 is 2.95. The van der Waals surface area contributed by atoms with Gasteiger partial charge >= 0.3 is 0 Å². The highest BCUT2D eigenvalue weighted by atomic mass is 32.2. The molecule has 9 heteroatoms. The first kappa shape index (κ1) is 21.9. The predicted molar refractivity (Wildman–Crippen MR) is 140 cm³/mol. The van der Waals surface area contributed by atoms with Crippen LogP contribution in [-0.4, -0.2) is 38.4 Å². The number of carbonyl (C=O) groups is 1. The molecule has 3 aliphatic heterocycles. The van der Waals surface area contributed by atoms with Crippen LogP contribution >= 0.6 is 23.5 Å². The van der Waals surface area contributed by atoms with Crippen molar-refractivity contribution in [1.82, 2.24) is 0 Å². The highest BCUT2D eigenvalue weighted by molar-refractivity contribution is 8.20. The average Bonchev–Trinajstić information content (AvgIpc) is 3.39. The number of amides is 1. The van der Waals surface area contributed by atoms with Gasteiger partial charge in [-0.05, 0) is 48.2 Å². The molecule has 1 amide bonds. The summed E-state index contributed by atoms with van der Waals surface area (Å²) in [6, 6.07) is 21.1. The van der Waals surface area contributed by atoms with Crippen LogP contribution < -0.4 is 24.0 Å². The largest absolute Gasteiger partial charge is 0.497 e. The van der Waals surface area contributed by atoms with Gasteiger partial charge in [-0.2, -0.15) is 0 Å². The van der Waals surface area contributed by atoms with Gasteiger partial charge in [-0.25, -0.2) is 4.99 Å². The second kappa shape index (κ2) is 8.90. The highest BCUT2D eigenvalue weighted by Crippen LogP contribution is 2.51. The first-order valence-corrected chi connectivity index (χ1v) is 12.7. The number of nitrogens with zero attached hydrogens (tertiary/aromatic N) is 3. The maximum absolute atomic E-state index is 13.8. The van der Waals surface area contributed by atoms with Crippen LogP contribution in [0.25, 0.3) is 0 Å². The van der Waals surface area contributed by atoms with Gasteiger partial charge in [0.1, 0.15) is 23.9 Å². The zero-order valence-corrected chi connectivity index (χ0v) is 20.7. The quantitative estimate of drug-likeness (QED) is 0.428. The van der Waals surface area contributed by atoms with Crippen molar-refractivity contribution in [2.75, 3.05) is 37.2 Å². The van der Waals surface area contributed by atoms with E-state index in [-0.39, 0.29) is 5.91 Å². The van der Waals surface area contributed by atoms with Crippen LogP contribution in [0.3, 0.4) is 0 Å². The number of fused-ring (bicyclic) bond motifs is 2. The second-order valence-electron chi connectivity index (χ2n) is 7.93. The molecule has 0 N–H and O–H groups in total. The van der Waals surface area contributed by atoms with Gasteiger partial charge in [-0.15, -0.1) is 0 Å². The van der Waals surface area contributed by atoms with E-state index in [9.17, 15) is 4.79 Å². The minimum atomic E-state index is -0.105. The maximum atomic E-state index is 13.8. The van der Waals surface area contributed by atoms with E-state index in [0.717, 1.165) is 27.0 Å². The number of thioether (sulfide) groups is 2. The number of methoxy groups -OCH3 is 1. The molecule has 3 aromatic carbocycles. The van der Waals surface area contributed by atoms with Gasteiger partial charge in [0.25, 0.3) is 5.91 Å². The molecule has 3 aromatic rings. The van der Waals surface area contributed by atoms with Crippen molar-refractivity contribution in [2.45, 2.75) is 4.90 Å². The summed E-state index contributed by atoms with van der Waals surface area (Å²) in [6.45, 7) is 1.03. The molecular weight excluding hydrogens is 482 g/mol. The number of carbonyl (C=O) groups excluding carboxylic acids is 1. The van der Waals surface area contributed by atoms with E-state index in [1.165, 1.54) is 11.8 Å². The Morgan fingerprint density at radius 2 is 1.74 bits per heavy atom. The standard InChI is InChI=1S/C26H21N3O4S2/c1-28-19-15-18(31-2)9-11-22(19)34-25(28)23-24(30)29(17-6-4-3-5-7-17)26(35-23)27-16-8-10-20-21(14-16)33-13-12-32-20/h3-11,14-15H,12-13H2,1-2H3/b25-23+,27-26?. The zero-order chi connectivity index (χ0) is 23.9. The van der Waals surface area contributed by atoms with Crippen LogP contribution in [0.5, 0.6) is 17.2 Å². The molecular formula is C26H21N3O4S2. The van der Waals surface area contributed by atoms with Gasteiger partial charge in [0.15, 0.2) is 16.7 Å². The minimum Gasteiger partial charge on any atom is -0.497 e. The third-order valence-electron chi connectivity index (χ3n) is 5.78. The van der Waals surface area contributed by atoms with E-state index in [1.807, 2.05) is 78.7 Å². The van der Waals surface area contributed by atoms with Gasteiger partial charge in [-0.3, -0.25) is 9.69 Å². The normalized spacial score (nSPS) is 19.9. The van der Waals surface area contributed by atoms with Gasteiger partial charge in [0.2, 0.25) is 0 Å². The molecule has 0 radical (unpaired) electrons. The van der Waals surface area contributed by atoms with E-state index in [1.54, 1.807) is 23.8 Å². The average molecular weight is 504 g/mol. The lowest BCUT2D eigenvalue weighted by molar-refractivity contribution is -0.113. The zero-order valence-electron chi connectivity index (χ0n) is 19.1. The number of benzene rings is 3. The molecule has 176 valence electrons. The Kier molecular flexibility index (Phi) is 5.58. The topological polar surface area (TPSA) is 63.6 Å². The fourth-order valence-electron chi connectivity index (χ4n) is 4.05. The molecule has 7 nitrogen and oxygen atoms in total. The summed E-state index contributed by atoms with van der Waals surface area (Å²) in [5.74, 6) is 2.04. The summed E-state index contributed by atoms with van der Waals surface area (Å²) in [6.07, 6.45) is 0. The molecule has 0 saturated carbocycles.